The van der Waals surface area contributed by atoms with Gasteiger partial charge in [0.2, 0.25) is 11.7 Å². The molecule has 3 saturated heterocycles. The molecule has 5 heterocycles. The average Bonchev–Trinajstić information content (AvgIpc) is 3.49. The number of anilines is 1. The van der Waals surface area contributed by atoms with Crippen molar-refractivity contribution in [3.05, 3.63) is 12.2 Å². The number of fused-ring (bicyclic) bond motifs is 1. The fourth-order valence-electron chi connectivity index (χ4n) is 4.88. The van der Waals surface area contributed by atoms with Crippen LogP contribution in [0.25, 0.3) is 11.2 Å². The Morgan fingerprint density at radius 1 is 1.27 bits per heavy atom. The van der Waals surface area contributed by atoms with Gasteiger partial charge in [0, 0.05) is 32.6 Å². The first-order valence-corrected chi connectivity index (χ1v) is 13.2. The molecule has 15 heteroatoms. The van der Waals surface area contributed by atoms with E-state index in [1.54, 1.807) is 11.8 Å². The summed E-state index contributed by atoms with van der Waals surface area (Å²) in [6.07, 6.45) is -2.19. The first-order chi connectivity index (χ1) is 19.3. The van der Waals surface area contributed by atoms with E-state index in [4.69, 9.17) is 15.2 Å². The van der Waals surface area contributed by atoms with Crippen LogP contribution >= 0.6 is 0 Å². The third-order valence-corrected chi connectivity index (χ3v) is 7.34. The number of piperidine rings is 1. The van der Waals surface area contributed by atoms with Gasteiger partial charge in [0.25, 0.3) is 5.91 Å². The molecule has 0 aliphatic carbocycles. The van der Waals surface area contributed by atoms with Crippen LogP contribution in [0.4, 0.5) is 10.6 Å². The first kappa shape index (κ1) is 27.6. The molecular formula is C25H32N8O7. The lowest BCUT2D eigenvalue weighted by Gasteiger charge is -2.31. The maximum absolute atomic E-state index is 12.3. The molecule has 5 rings (SSSR count). The highest BCUT2D eigenvalue weighted by Crippen LogP contribution is 2.32. The number of carbonyl (C=O) groups excluding carboxylic acids is 3. The predicted octanol–water partition coefficient (Wildman–Crippen LogP) is -1.50. The Morgan fingerprint density at radius 2 is 2.05 bits per heavy atom. The van der Waals surface area contributed by atoms with E-state index < -0.39 is 36.5 Å². The van der Waals surface area contributed by atoms with Gasteiger partial charge in [0.15, 0.2) is 23.8 Å². The van der Waals surface area contributed by atoms with Crippen molar-refractivity contribution in [3.63, 3.8) is 0 Å². The smallest absolute Gasteiger partial charge is 0.409 e. The molecule has 6 N–H and O–H groups in total. The second-order valence-electron chi connectivity index (χ2n) is 10.0. The number of nitrogens with two attached hydrogens (primary N) is 1. The van der Waals surface area contributed by atoms with Gasteiger partial charge in [-0.1, -0.05) is 5.92 Å². The number of hydrogen-bond donors (Lipinski definition) is 5. The minimum Gasteiger partial charge on any atom is -0.448 e. The summed E-state index contributed by atoms with van der Waals surface area (Å²) in [5, 5.41) is 26.1. The number of likely N-dealkylation sites (tertiary alicyclic amines) is 1. The van der Waals surface area contributed by atoms with Crippen molar-refractivity contribution in [2.24, 2.45) is 11.8 Å². The Bertz CT molecular complexity index is 1350. The molecule has 15 nitrogen and oxygen atoms in total. The molecule has 2 aromatic heterocycles. The van der Waals surface area contributed by atoms with Gasteiger partial charge in [0.1, 0.15) is 24.3 Å². The van der Waals surface area contributed by atoms with Crippen molar-refractivity contribution < 1.29 is 34.1 Å². The molecule has 5 atom stereocenters. The third kappa shape index (κ3) is 5.51. The van der Waals surface area contributed by atoms with E-state index in [0.717, 1.165) is 12.8 Å². The maximum atomic E-state index is 12.3. The van der Waals surface area contributed by atoms with Crippen molar-refractivity contribution in [1.29, 1.82) is 0 Å². The number of amides is 3. The topological polar surface area (TPSA) is 207 Å². The van der Waals surface area contributed by atoms with Gasteiger partial charge in [-0.15, -0.1) is 0 Å². The molecule has 3 aliphatic rings. The minimum absolute atomic E-state index is 0.0900. The SMILES string of the molecule is CCNC(=O)[C@H]1O[C@@H](n2cnc3c(N)nc(C#CCC4CCN(C(=O)OCC5CNC5=O)CC4)nc32)[C@H](O)[C@@H]1O. The Hall–Kier alpha value is -4.00. The van der Waals surface area contributed by atoms with E-state index in [9.17, 15) is 24.6 Å². The lowest BCUT2D eigenvalue weighted by molar-refractivity contribution is -0.137. The summed E-state index contributed by atoms with van der Waals surface area (Å²) in [4.78, 5) is 50.3. The Balaban J connectivity index is 1.20. The number of rotatable bonds is 6. The van der Waals surface area contributed by atoms with Gasteiger partial charge in [0.05, 0.1) is 12.2 Å². The van der Waals surface area contributed by atoms with E-state index in [1.165, 1.54) is 10.9 Å². The largest absolute Gasteiger partial charge is 0.448 e. The highest BCUT2D eigenvalue weighted by Gasteiger charge is 2.47. The van der Waals surface area contributed by atoms with E-state index in [0.29, 0.717) is 32.6 Å². The van der Waals surface area contributed by atoms with Crippen LogP contribution in [0, 0.1) is 23.7 Å². The zero-order valence-electron chi connectivity index (χ0n) is 21.9. The zero-order valence-corrected chi connectivity index (χ0v) is 21.9. The molecule has 40 heavy (non-hydrogen) atoms. The van der Waals surface area contributed by atoms with Gasteiger partial charge in [-0.2, -0.15) is 0 Å². The second kappa shape index (κ2) is 11.6. The fourth-order valence-corrected chi connectivity index (χ4v) is 4.88. The van der Waals surface area contributed by atoms with E-state index in [2.05, 4.69) is 37.4 Å². The average molecular weight is 557 g/mol. The van der Waals surface area contributed by atoms with Crippen LogP contribution in [0.5, 0.6) is 0 Å². The quantitative estimate of drug-likeness (QED) is 0.204. The number of aromatic nitrogens is 4. The molecule has 2 aromatic rings. The maximum Gasteiger partial charge on any atom is 0.409 e. The number of likely N-dealkylation sites (N-methyl/N-ethyl adjacent to an activating group) is 1. The van der Waals surface area contributed by atoms with Crippen molar-refractivity contribution in [2.75, 3.05) is 38.5 Å². The number of aliphatic hydroxyl groups is 2. The number of nitrogens with one attached hydrogen (secondary N) is 2. The lowest BCUT2D eigenvalue weighted by Crippen LogP contribution is -2.51. The molecule has 3 aliphatic heterocycles. The number of nitrogens with zero attached hydrogens (tertiary/aromatic N) is 5. The number of β-lactam (4-membered cyclic amide) rings is 1. The van der Waals surface area contributed by atoms with Crippen LogP contribution in [0.1, 0.15) is 38.2 Å². The van der Waals surface area contributed by atoms with Crippen LogP contribution in [-0.4, -0.2) is 104 Å². The highest BCUT2D eigenvalue weighted by atomic mass is 16.6. The fraction of sp³-hybridized carbons (Fsp3) is 0.600. The molecule has 1 unspecified atom stereocenters. The Labute approximate surface area is 229 Å². The molecule has 0 saturated carbocycles. The van der Waals surface area contributed by atoms with Gasteiger partial charge < -0.3 is 41.0 Å². The molecule has 0 spiro atoms. The van der Waals surface area contributed by atoms with Crippen molar-refractivity contribution in [2.45, 2.75) is 50.7 Å². The highest BCUT2D eigenvalue weighted by molar-refractivity contribution is 5.85. The van der Waals surface area contributed by atoms with Gasteiger partial charge >= 0.3 is 6.09 Å². The van der Waals surface area contributed by atoms with Gasteiger partial charge in [-0.3, -0.25) is 14.2 Å². The van der Waals surface area contributed by atoms with Crippen LogP contribution in [0.2, 0.25) is 0 Å². The van der Waals surface area contributed by atoms with Crippen LogP contribution < -0.4 is 16.4 Å². The number of aliphatic hydroxyl groups excluding tert-OH is 2. The van der Waals surface area contributed by atoms with Crippen molar-refractivity contribution >= 4 is 34.9 Å². The molecule has 3 amide bonds. The molecule has 0 aromatic carbocycles. The summed E-state index contributed by atoms with van der Waals surface area (Å²) in [6, 6.07) is 0. The van der Waals surface area contributed by atoms with E-state index >= 15 is 0 Å². The van der Waals surface area contributed by atoms with Crippen molar-refractivity contribution in [1.82, 2.24) is 35.1 Å². The summed E-state index contributed by atoms with van der Waals surface area (Å²) < 4.78 is 12.3. The Kier molecular flexibility index (Phi) is 8.01. The van der Waals surface area contributed by atoms with Gasteiger partial charge in [-0.25, -0.2) is 19.7 Å². The lowest BCUT2D eigenvalue weighted by atomic mass is 9.94. The summed E-state index contributed by atoms with van der Waals surface area (Å²) >= 11 is 0. The van der Waals surface area contributed by atoms with Crippen LogP contribution in [-0.2, 0) is 19.1 Å². The van der Waals surface area contributed by atoms with E-state index in [1.807, 2.05) is 0 Å². The summed E-state index contributed by atoms with van der Waals surface area (Å²) in [6.45, 7) is 3.81. The zero-order chi connectivity index (χ0) is 28.4. The monoisotopic (exact) mass is 556 g/mol. The van der Waals surface area contributed by atoms with Crippen LogP contribution in [0.3, 0.4) is 0 Å². The molecule has 0 bridgehead atoms. The summed E-state index contributed by atoms with van der Waals surface area (Å²) in [5.41, 5.74) is 6.60. The number of nitrogen functional groups attached to an aromatic ring is 1. The minimum atomic E-state index is -1.44. The normalized spacial score (nSPS) is 26.5. The third-order valence-electron chi connectivity index (χ3n) is 7.34. The second-order valence-corrected chi connectivity index (χ2v) is 10.0. The van der Waals surface area contributed by atoms with Crippen molar-refractivity contribution in [3.8, 4) is 11.8 Å². The predicted molar refractivity (Wildman–Crippen MR) is 138 cm³/mol. The standard InChI is InChI=1S/C25H32N8O7/c1-2-27-23(37)19-17(34)18(35)24(40-19)33-12-29-16-20(26)30-15(31-21(16)33)5-3-4-13-6-8-32(9-7-13)25(38)39-11-14-10-28-22(14)36/h12-14,17-19,24,34-35H,2,4,6-11H2,1H3,(H,27,37)(H,28,36)(H2,26,30,31)/t14?,17-,18+,19-,24+/m0/s1. The molecule has 3 fully saturated rings. The number of imidazole rings is 1. The molecule has 0 radical (unpaired) electrons. The number of ether oxygens (including phenoxy) is 2. The summed E-state index contributed by atoms with van der Waals surface area (Å²) in [5.74, 6) is 5.65. The number of hydrogen-bond acceptors (Lipinski definition) is 11. The number of carbonyl (C=O) groups is 3. The van der Waals surface area contributed by atoms with E-state index in [-0.39, 0.29) is 47.2 Å². The Morgan fingerprint density at radius 3 is 2.73 bits per heavy atom. The summed E-state index contributed by atoms with van der Waals surface area (Å²) in [7, 11) is 0. The molecule has 214 valence electrons. The van der Waals surface area contributed by atoms with Gasteiger partial charge in [-0.05, 0) is 31.6 Å². The first-order valence-electron chi connectivity index (χ1n) is 13.2. The molecular weight excluding hydrogens is 524 g/mol. The van der Waals surface area contributed by atoms with Crippen LogP contribution in [0.15, 0.2) is 6.33 Å².